The predicted molar refractivity (Wildman–Crippen MR) is 111 cm³/mol. The summed E-state index contributed by atoms with van der Waals surface area (Å²) in [6.07, 6.45) is 0.822. The summed E-state index contributed by atoms with van der Waals surface area (Å²) in [5.41, 5.74) is 2.87. The second-order valence-corrected chi connectivity index (χ2v) is 6.76. The highest BCUT2D eigenvalue weighted by Gasteiger charge is 2.19. The molecule has 2 aromatic carbocycles. The van der Waals surface area contributed by atoms with Crippen LogP contribution < -0.4 is 15.4 Å². The molecule has 0 saturated heterocycles. The van der Waals surface area contributed by atoms with Gasteiger partial charge in [-0.1, -0.05) is 24.3 Å². The first kappa shape index (κ1) is 20.2. The van der Waals surface area contributed by atoms with E-state index in [4.69, 9.17) is 9.15 Å². The Hall–Kier alpha value is -3.54. The predicted octanol–water partition coefficient (Wildman–Crippen LogP) is 4.23. The Morgan fingerprint density at radius 2 is 1.83 bits per heavy atom. The van der Waals surface area contributed by atoms with Gasteiger partial charge in [0.1, 0.15) is 11.5 Å². The first-order valence-electron chi connectivity index (χ1n) is 9.39. The summed E-state index contributed by atoms with van der Waals surface area (Å²) in [6, 6.07) is 16.1. The Morgan fingerprint density at radius 1 is 1.03 bits per heavy atom. The van der Waals surface area contributed by atoms with Crippen molar-refractivity contribution < 1.29 is 18.7 Å². The fourth-order valence-electron chi connectivity index (χ4n) is 2.80. The topological polar surface area (TPSA) is 80.6 Å². The zero-order valence-electron chi connectivity index (χ0n) is 16.7. The van der Waals surface area contributed by atoms with E-state index in [1.54, 1.807) is 49.6 Å². The molecule has 0 fully saturated rings. The Labute approximate surface area is 169 Å². The number of hydrogen-bond donors (Lipinski definition) is 2. The van der Waals surface area contributed by atoms with E-state index in [0.717, 1.165) is 11.1 Å². The maximum absolute atomic E-state index is 12.6. The molecule has 2 amide bonds. The van der Waals surface area contributed by atoms with E-state index in [9.17, 15) is 9.59 Å². The molecule has 1 atom stereocenters. The molecule has 0 saturated carbocycles. The van der Waals surface area contributed by atoms with Crippen molar-refractivity contribution in [3.8, 4) is 5.75 Å². The SMILES string of the molecule is Cc1cccc(OC(C)C(=O)Nc2ccccc2C(=O)NCc2ccco2)c1C. The van der Waals surface area contributed by atoms with Crippen LogP contribution in [0.1, 0.15) is 34.2 Å². The second kappa shape index (κ2) is 9.10. The summed E-state index contributed by atoms with van der Waals surface area (Å²) in [6.45, 7) is 5.88. The molecule has 29 heavy (non-hydrogen) atoms. The van der Waals surface area contributed by atoms with Gasteiger partial charge in [0.25, 0.3) is 11.8 Å². The van der Waals surface area contributed by atoms with Crippen molar-refractivity contribution in [2.45, 2.75) is 33.4 Å². The maximum Gasteiger partial charge on any atom is 0.265 e. The Morgan fingerprint density at radius 3 is 2.59 bits per heavy atom. The lowest BCUT2D eigenvalue weighted by atomic mass is 10.1. The summed E-state index contributed by atoms with van der Waals surface area (Å²) >= 11 is 0. The van der Waals surface area contributed by atoms with Gasteiger partial charge in [-0.2, -0.15) is 0 Å². The van der Waals surface area contributed by atoms with Gasteiger partial charge >= 0.3 is 0 Å². The molecular weight excluding hydrogens is 368 g/mol. The molecular formula is C23H24N2O4. The van der Waals surface area contributed by atoms with Crippen molar-refractivity contribution in [3.63, 3.8) is 0 Å². The van der Waals surface area contributed by atoms with Crippen molar-refractivity contribution in [1.29, 1.82) is 0 Å². The number of carbonyl (C=O) groups is 2. The molecule has 0 bridgehead atoms. The smallest absolute Gasteiger partial charge is 0.265 e. The third-order valence-electron chi connectivity index (χ3n) is 4.66. The molecule has 150 valence electrons. The Bertz CT molecular complexity index is 996. The minimum absolute atomic E-state index is 0.264. The molecule has 6 heteroatoms. The van der Waals surface area contributed by atoms with E-state index in [1.165, 1.54) is 0 Å². The van der Waals surface area contributed by atoms with Crippen molar-refractivity contribution in [2.75, 3.05) is 5.32 Å². The molecule has 0 aliphatic heterocycles. The van der Waals surface area contributed by atoms with Crippen LogP contribution in [0.5, 0.6) is 5.75 Å². The largest absolute Gasteiger partial charge is 0.481 e. The third-order valence-corrected chi connectivity index (χ3v) is 4.66. The van der Waals surface area contributed by atoms with Crippen LogP contribution in [0.25, 0.3) is 0 Å². The molecule has 6 nitrogen and oxygen atoms in total. The highest BCUT2D eigenvalue weighted by atomic mass is 16.5. The van der Waals surface area contributed by atoms with Crippen LogP contribution in [0.2, 0.25) is 0 Å². The van der Waals surface area contributed by atoms with Crippen LogP contribution in [0.15, 0.2) is 65.3 Å². The molecule has 0 aliphatic rings. The zero-order chi connectivity index (χ0) is 20.8. The first-order valence-corrected chi connectivity index (χ1v) is 9.39. The zero-order valence-corrected chi connectivity index (χ0v) is 16.7. The summed E-state index contributed by atoms with van der Waals surface area (Å²) in [7, 11) is 0. The van der Waals surface area contributed by atoms with E-state index in [1.807, 2.05) is 32.0 Å². The van der Waals surface area contributed by atoms with Crippen LogP contribution in [0.3, 0.4) is 0 Å². The standard InChI is InChI=1S/C23H24N2O4/c1-15-8-6-12-21(16(15)2)29-17(3)22(26)25-20-11-5-4-10-19(20)23(27)24-14-18-9-7-13-28-18/h4-13,17H,14H2,1-3H3,(H,24,27)(H,25,26). The number of anilines is 1. The van der Waals surface area contributed by atoms with Crippen LogP contribution in [-0.2, 0) is 11.3 Å². The Balaban J connectivity index is 1.67. The number of amides is 2. The average molecular weight is 392 g/mol. The highest BCUT2D eigenvalue weighted by molar-refractivity contribution is 6.04. The van der Waals surface area contributed by atoms with Crippen molar-refractivity contribution in [2.24, 2.45) is 0 Å². The lowest BCUT2D eigenvalue weighted by Crippen LogP contribution is -2.32. The molecule has 2 N–H and O–H groups in total. The number of furan rings is 1. The normalized spacial score (nSPS) is 11.6. The number of hydrogen-bond acceptors (Lipinski definition) is 4. The van der Waals surface area contributed by atoms with Crippen LogP contribution in [0.4, 0.5) is 5.69 Å². The van der Waals surface area contributed by atoms with E-state index in [0.29, 0.717) is 22.8 Å². The van der Waals surface area contributed by atoms with Crippen molar-refractivity contribution in [3.05, 3.63) is 83.3 Å². The third kappa shape index (κ3) is 5.04. The average Bonchev–Trinajstić information content (AvgIpc) is 3.23. The highest BCUT2D eigenvalue weighted by Crippen LogP contribution is 2.22. The fourth-order valence-corrected chi connectivity index (χ4v) is 2.80. The van der Waals surface area contributed by atoms with Gasteiger partial charge in [0.15, 0.2) is 6.10 Å². The van der Waals surface area contributed by atoms with Gasteiger partial charge < -0.3 is 19.8 Å². The quantitative estimate of drug-likeness (QED) is 0.630. The molecule has 0 aliphatic carbocycles. The number of aryl methyl sites for hydroxylation is 1. The minimum atomic E-state index is -0.727. The number of nitrogens with one attached hydrogen (secondary N) is 2. The van der Waals surface area contributed by atoms with Gasteiger partial charge in [0, 0.05) is 0 Å². The number of para-hydroxylation sites is 1. The summed E-state index contributed by atoms with van der Waals surface area (Å²) < 4.78 is 11.1. The van der Waals surface area contributed by atoms with Crippen LogP contribution >= 0.6 is 0 Å². The fraction of sp³-hybridized carbons (Fsp3) is 0.217. The summed E-state index contributed by atoms with van der Waals surface area (Å²) in [4.78, 5) is 25.2. The lowest BCUT2D eigenvalue weighted by molar-refractivity contribution is -0.122. The first-order chi connectivity index (χ1) is 14.0. The number of rotatable bonds is 7. The summed E-state index contributed by atoms with van der Waals surface area (Å²) in [5.74, 6) is 0.671. The van der Waals surface area contributed by atoms with Crippen molar-refractivity contribution >= 4 is 17.5 Å². The number of ether oxygens (including phenoxy) is 1. The molecule has 3 aromatic rings. The lowest BCUT2D eigenvalue weighted by Gasteiger charge is -2.18. The van der Waals surface area contributed by atoms with Gasteiger partial charge in [0.05, 0.1) is 24.1 Å². The van der Waals surface area contributed by atoms with E-state index in [2.05, 4.69) is 10.6 Å². The van der Waals surface area contributed by atoms with Crippen molar-refractivity contribution in [1.82, 2.24) is 5.32 Å². The Kier molecular flexibility index (Phi) is 6.34. The van der Waals surface area contributed by atoms with Gasteiger partial charge in [0.2, 0.25) is 0 Å². The molecule has 0 radical (unpaired) electrons. The van der Waals surface area contributed by atoms with Gasteiger partial charge in [-0.15, -0.1) is 0 Å². The number of carbonyl (C=O) groups excluding carboxylic acids is 2. The van der Waals surface area contributed by atoms with Gasteiger partial charge in [-0.3, -0.25) is 9.59 Å². The maximum atomic E-state index is 12.6. The molecule has 0 spiro atoms. The van der Waals surface area contributed by atoms with Crippen LogP contribution in [-0.4, -0.2) is 17.9 Å². The van der Waals surface area contributed by atoms with E-state index < -0.39 is 6.10 Å². The molecule has 3 rings (SSSR count). The van der Waals surface area contributed by atoms with Gasteiger partial charge in [-0.25, -0.2) is 0 Å². The van der Waals surface area contributed by atoms with Crippen LogP contribution in [0, 0.1) is 13.8 Å². The van der Waals surface area contributed by atoms with Gasteiger partial charge in [-0.05, 0) is 62.2 Å². The monoisotopic (exact) mass is 392 g/mol. The summed E-state index contributed by atoms with van der Waals surface area (Å²) in [5, 5.41) is 5.57. The molecule has 1 unspecified atom stereocenters. The second-order valence-electron chi connectivity index (χ2n) is 6.76. The van der Waals surface area contributed by atoms with E-state index >= 15 is 0 Å². The minimum Gasteiger partial charge on any atom is -0.481 e. The molecule has 1 heterocycles. The van der Waals surface area contributed by atoms with E-state index in [-0.39, 0.29) is 18.4 Å². The molecule has 1 aromatic heterocycles. The number of benzene rings is 2.